The van der Waals surface area contributed by atoms with Crippen molar-refractivity contribution < 1.29 is 0 Å². The molecule has 1 aromatic carbocycles. The lowest BCUT2D eigenvalue weighted by atomic mass is 10.1. The number of hydrogen-bond acceptors (Lipinski definition) is 2. The van der Waals surface area contributed by atoms with E-state index in [1.807, 2.05) is 23.5 Å². The van der Waals surface area contributed by atoms with Gasteiger partial charge in [0.1, 0.15) is 0 Å². The second-order valence-electron chi connectivity index (χ2n) is 3.27. The molecule has 2 rings (SSSR count). The van der Waals surface area contributed by atoms with Crippen molar-refractivity contribution in [3.8, 4) is 0 Å². The van der Waals surface area contributed by atoms with Crippen molar-refractivity contribution >= 4 is 23.5 Å². The summed E-state index contributed by atoms with van der Waals surface area (Å²) >= 11 is 4.02. The first-order valence-electron chi connectivity index (χ1n) is 4.91. The fourth-order valence-corrected chi connectivity index (χ4v) is 4.30. The van der Waals surface area contributed by atoms with Gasteiger partial charge in [-0.2, -0.15) is 0 Å². The lowest BCUT2D eigenvalue weighted by Crippen LogP contribution is -1.86. The quantitative estimate of drug-likeness (QED) is 0.748. The van der Waals surface area contributed by atoms with E-state index >= 15 is 0 Å². The topological polar surface area (TPSA) is 0 Å². The fourth-order valence-electron chi connectivity index (χ4n) is 1.56. The van der Waals surface area contributed by atoms with Gasteiger partial charge in [-0.05, 0) is 21.8 Å². The summed E-state index contributed by atoms with van der Waals surface area (Å²) in [6, 6.07) is 10.7. The number of allylic oxidation sites excluding steroid dienone is 2. The van der Waals surface area contributed by atoms with Gasteiger partial charge in [-0.25, -0.2) is 0 Å². The summed E-state index contributed by atoms with van der Waals surface area (Å²) < 4.78 is 0. The molecule has 0 fully saturated rings. The minimum atomic E-state index is 1.13. The Kier molecular flexibility index (Phi) is 3.60. The Morgan fingerprint density at radius 3 is 2.50 bits per heavy atom. The van der Waals surface area contributed by atoms with E-state index in [0.717, 1.165) is 6.42 Å². The van der Waals surface area contributed by atoms with Crippen LogP contribution in [0.3, 0.4) is 0 Å². The summed E-state index contributed by atoms with van der Waals surface area (Å²) in [6.07, 6.45) is 2.32. The standard InChI is InChI=1S/C12H14S2/c1-2-11-12(14-9-13-11)8-10-6-4-3-5-7-10/h3-7H,2,8-9H2,1H3. The smallest absolute Gasteiger partial charge is 0.0481 e. The lowest BCUT2D eigenvalue weighted by Gasteiger charge is -2.03. The molecule has 0 atom stereocenters. The van der Waals surface area contributed by atoms with Gasteiger partial charge in [0.25, 0.3) is 0 Å². The van der Waals surface area contributed by atoms with E-state index in [2.05, 4.69) is 37.3 Å². The van der Waals surface area contributed by atoms with Gasteiger partial charge in [-0.15, -0.1) is 23.5 Å². The minimum absolute atomic E-state index is 1.13. The Balaban J connectivity index is 2.11. The van der Waals surface area contributed by atoms with E-state index in [1.54, 1.807) is 9.81 Å². The Labute approximate surface area is 94.2 Å². The van der Waals surface area contributed by atoms with Crippen LogP contribution in [-0.2, 0) is 6.42 Å². The Hall–Kier alpha value is -0.340. The minimum Gasteiger partial charge on any atom is -0.118 e. The van der Waals surface area contributed by atoms with E-state index in [4.69, 9.17) is 0 Å². The molecule has 0 saturated heterocycles. The third-order valence-electron chi connectivity index (χ3n) is 2.31. The van der Waals surface area contributed by atoms with Crippen LogP contribution in [0.25, 0.3) is 0 Å². The maximum Gasteiger partial charge on any atom is 0.0481 e. The summed E-state index contributed by atoms with van der Waals surface area (Å²) in [5.41, 5.74) is 1.43. The molecular weight excluding hydrogens is 208 g/mol. The molecule has 0 aliphatic carbocycles. The summed E-state index contributed by atoms with van der Waals surface area (Å²) in [5.74, 6) is 0. The SMILES string of the molecule is CCC1=C(Cc2ccccc2)SCS1. The molecule has 2 heteroatoms. The Morgan fingerprint density at radius 2 is 1.79 bits per heavy atom. The van der Waals surface area contributed by atoms with Crippen LogP contribution in [0.2, 0.25) is 0 Å². The number of rotatable bonds is 3. The molecule has 74 valence electrons. The molecule has 14 heavy (non-hydrogen) atoms. The molecule has 0 nitrogen and oxygen atoms in total. The van der Waals surface area contributed by atoms with Crippen molar-refractivity contribution in [3.63, 3.8) is 0 Å². The average Bonchev–Trinajstić information content (AvgIpc) is 2.67. The zero-order chi connectivity index (χ0) is 9.80. The van der Waals surface area contributed by atoms with E-state index in [9.17, 15) is 0 Å². The van der Waals surface area contributed by atoms with Crippen LogP contribution in [-0.4, -0.2) is 5.08 Å². The first-order chi connectivity index (χ1) is 6.90. The number of hydrogen-bond donors (Lipinski definition) is 0. The van der Waals surface area contributed by atoms with Gasteiger partial charge in [-0.1, -0.05) is 37.3 Å². The fraction of sp³-hybridized carbons (Fsp3) is 0.333. The maximum absolute atomic E-state index is 2.25. The van der Waals surface area contributed by atoms with Crippen LogP contribution in [0.5, 0.6) is 0 Å². The highest BCUT2D eigenvalue weighted by molar-refractivity contribution is 8.22. The van der Waals surface area contributed by atoms with Crippen LogP contribution < -0.4 is 0 Å². The molecule has 0 aromatic heterocycles. The van der Waals surface area contributed by atoms with Gasteiger partial charge in [-0.3, -0.25) is 0 Å². The highest BCUT2D eigenvalue weighted by atomic mass is 32.2. The molecule has 0 amide bonds. The number of benzene rings is 1. The summed E-state index contributed by atoms with van der Waals surface area (Å²) in [5, 5.41) is 1.21. The van der Waals surface area contributed by atoms with Crippen LogP contribution in [0, 0.1) is 0 Å². The van der Waals surface area contributed by atoms with Gasteiger partial charge >= 0.3 is 0 Å². The van der Waals surface area contributed by atoms with Crippen LogP contribution in [0.15, 0.2) is 40.1 Å². The largest absolute Gasteiger partial charge is 0.118 e. The highest BCUT2D eigenvalue weighted by Gasteiger charge is 2.14. The van der Waals surface area contributed by atoms with E-state index in [-0.39, 0.29) is 0 Å². The van der Waals surface area contributed by atoms with E-state index < -0.39 is 0 Å². The molecule has 0 spiro atoms. The van der Waals surface area contributed by atoms with Crippen molar-refractivity contribution in [2.45, 2.75) is 19.8 Å². The van der Waals surface area contributed by atoms with Crippen molar-refractivity contribution in [2.24, 2.45) is 0 Å². The average molecular weight is 222 g/mol. The van der Waals surface area contributed by atoms with Crippen molar-refractivity contribution in [3.05, 3.63) is 45.7 Å². The van der Waals surface area contributed by atoms with Crippen LogP contribution in [0.1, 0.15) is 18.9 Å². The predicted molar refractivity (Wildman–Crippen MR) is 67.5 cm³/mol. The summed E-state index contributed by atoms with van der Waals surface area (Å²) in [7, 11) is 0. The third kappa shape index (κ3) is 2.37. The first kappa shape index (κ1) is 10.2. The predicted octanol–water partition coefficient (Wildman–Crippen LogP) is 4.29. The molecule has 0 bridgehead atoms. The van der Waals surface area contributed by atoms with Gasteiger partial charge in [0.2, 0.25) is 0 Å². The highest BCUT2D eigenvalue weighted by Crippen LogP contribution is 2.42. The summed E-state index contributed by atoms with van der Waals surface area (Å²) in [4.78, 5) is 3.18. The van der Waals surface area contributed by atoms with Crippen LogP contribution in [0.4, 0.5) is 0 Å². The zero-order valence-electron chi connectivity index (χ0n) is 8.32. The molecule has 0 saturated carbocycles. The van der Waals surface area contributed by atoms with E-state index in [0.29, 0.717) is 0 Å². The summed E-state index contributed by atoms with van der Waals surface area (Å²) in [6.45, 7) is 2.25. The van der Waals surface area contributed by atoms with E-state index in [1.165, 1.54) is 17.1 Å². The molecular formula is C12H14S2. The van der Waals surface area contributed by atoms with Crippen molar-refractivity contribution in [2.75, 3.05) is 5.08 Å². The Bertz CT molecular complexity index is 327. The zero-order valence-corrected chi connectivity index (χ0v) is 9.96. The van der Waals surface area contributed by atoms with Gasteiger partial charge in [0.05, 0.1) is 0 Å². The van der Waals surface area contributed by atoms with Gasteiger partial charge in [0, 0.05) is 11.5 Å². The second kappa shape index (κ2) is 4.94. The third-order valence-corrected chi connectivity index (χ3v) is 5.00. The molecule has 1 aliphatic heterocycles. The lowest BCUT2D eigenvalue weighted by molar-refractivity contribution is 1.15. The number of thioether (sulfide) groups is 2. The van der Waals surface area contributed by atoms with Crippen molar-refractivity contribution in [1.29, 1.82) is 0 Å². The van der Waals surface area contributed by atoms with Crippen LogP contribution >= 0.6 is 23.5 Å². The molecule has 0 N–H and O–H groups in total. The molecule has 0 radical (unpaired) electrons. The first-order valence-corrected chi connectivity index (χ1v) is 6.89. The molecule has 0 unspecified atom stereocenters. The normalized spacial score (nSPS) is 16.4. The maximum atomic E-state index is 2.25. The monoisotopic (exact) mass is 222 g/mol. The molecule has 1 aromatic rings. The Morgan fingerprint density at radius 1 is 1.07 bits per heavy atom. The molecule has 1 heterocycles. The molecule has 1 aliphatic rings. The van der Waals surface area contributed by atoms with Gasteiger partial charge in [0.15, 0.2) is 0 Å². The van der Waals surface area contributed by atoms with Crippen molar-refractivity contribution in [1.82, 2.24) is 0 Å². The second-order valence-corrected chi connectivity index (χ2v) is 5.77. The van der Waals surface area contributed by atoms with Gasteiger partial charge < -0.3 is 0 Å².